The first kappa shape index (κ1) is 14.0. The highest BCUT2D eigenvalue weighted by Crippen LogP contribution is 2.30. The Bertz CT molecular complexity index is 312. The van der Waals surface area contributed by atoms with E-state index in [0.717, 1.165) is 19.5 Å². The number of aromatic nitrogens is 1. The molecule has 1 unspecified atom stereocenters. The van der Waals surface area contributed by atoms with Crippen LogP contribution in [0.4, 0.5) is 0 Å². The predicted molar refractivity (Wildman–Crippen MR) is 78.1 cm³/mol. The third-order valence-corrected chi connectivity index (χ3v) is 4.52. The van der Waals surface area contributed by atoms with Crippen molar-refractivity contribution in [2.45, 2.75) is 39.0 Å². The molecule has 3 nitrogen and oxygen atoms in total. The van der Waals surface area contributed by atoms with Gasteiger partial charge in [0, 0.05) is 31.4 Å². The number of rotatable bonds is 7. The van der Waals surface area contributed by atoms with Gasteiger partial charge < -0.3 is 10.6 Å². The first-order valence-electron chi connectivity index (χ1n) is 7.13. The molecule has 1 aromatic heterocycles. The Hall–Kier alpha value is -0.450. The quantitative estimate of drug-likeness (QED) is 0.745. The second-order valence-corrected chi connectivity index (χ2v) is 6.16. The Morgan fingerprint density at radius 3 is 3.17 bits per heavy atom. The van der Waals surface area contributed by atoms with E-state index < -0.39 is 0 Å². The maximum absolute atomic E-state index is 4.32. The van der Waals surface area contributed by atoms with Crippen LogP contribution in [0.3, 0.4) is 0 Å². The highest BCUT2D eigenvalue weighted by Gasteiger charge is 2.30. The second kappa shape index (κ2) is 7.22. The van der Waals surface area contributed by atoms with Crippen LogP contribution in [0.25, 0.3) is 0 Å². The van der Waals surface area contributed by atoms with E-state index in [4.69, 9.17) is 0 Å². The zero-order valence-electron chi connectivity index (χ0n) is 11.4. The van der Waals surface area contributed by atoms with Crippen molar-refractivity contribution in [1.82, 2.24) is 15.6 Å². The van der Waals surface area contributed by atoms with Crippen LogP contribution in [0.2, 0.25) is 0 Å². The molecule has 1 atom stereocenters. The van der Waals surface area contributed by atoms with Crippen LogP contribution < -0.4 is 10.6 Å². The lowest BCUT2D eigenvalue weighted by Crippen LogP contribution is -2.46. The van der Waals surface area contributed by atoms with Crippen LogP contribution in [0.1, 0.15) is 38.3 Å². The molecule has 0 aliphatic carbocycles. The van der Waals surface area contributed by atoms with Crippen LogP contribution in [0, 0.1) is 5.41 Å². The molecular weight excluding hydrogens is 242 g/mol. The van der Waals surface area contributed by atoms with Gasteiger partial charge in [-0.05, 0) is 31.2 Å². The Labute approximate surface area is 114 Å². The summed E-state index contributed by atoms with van der Waals surface area (Å²) < 4.78 is 0. The van der Waals surface area contributed by atoms with Crippen LogP contribution in [-0.2, 0) is 6.42 Å². The first-order chi connectivity index (χ1) is 8.85. The van der Waals surface area contributed by atoms with Gasteiger partial charge in [-0.15, -0.1) is 11.3 Å². The molecule has 1 aliphatic heterocycles. The Balaban J connectivity index is 1.72. The van der Waals surface area contributed by atoms with E-state index in [2.05, 4.69) is 27.9 Å². The van der Waals surface area contributed by atoms with E-state index in [1.54, 1.807) is 11.3 Å². The van der Waals surface area contributed by atoms with Crippen molar-refractivity contribution in [2.75, 3.05) is 26.2 Å². The van der Waals surface area contributed by atoms with Gasteiger partial charge in [-0.1, -0.05) is 13.3 Å². The number of nitrogens with one attached hydrogen (secondary N) is 2. The molecule has 0 saturated carbocycles. The Morgan fingerprint density at radius 2 is 2.50 bits per heavy atom. The molecule has 0 spiro atoms. The van der Waals surface area contributed by atoms with E-state index in [1.807, 2.05) is 5.51 Å². The molecule has 0 bridgehead atoms. The minimum atomic E-state index is 0.495. The van der Waals surface area contributed by atoms with Crippen molar-refractivity contribution < 1.29 is 0 Å². The van der Waals surface area contributed by atoms with Gasteiger partial charge in [-0.2, -0.15) is 0 Å². The molecule has 1 fully saturated rings. The summed E-state index contributed by atoms with van der Waals surface area (Å²) in [6, 6.07) is 0. The number of nitrogens with zero attached hydrogens (tertiary/aromatic N) is 1. The van der Waals surface area contributed by atoms with Crippen molar-refractivity contribution in [1.29, 1.82) is 0 Å². The summed E-state index contributed by atoms with van der Waals surface area (Å²) in [5.74, 6) is 0. The van der Waals surface area contributed by atoms with Gasteiger partial charge >= 0.3 is 0 Å². The molecule has 4 heteroatoms. The second-order valence-electron chi connectivity index (χ2n) is 5.44. The maximum atomic E-state index is 4.32. The van der Waals surface area contributed by atoms with Crippen LogP contribution in [-0.4, -0.2) is 31.2 Å². The third kappa shape index (κ3) is 4.04. The number of piperidine rings is 1. The maximum Gasteiger partial charge on any atom is 0.0794 e. The molecular formula is C14H25N3S. The summed E-state index contributed by atoms with van der Waals surface area (Å²) in [6.07, 6.45) is 6.38. The summed E-state index contributed by atoms with van der Waals surface area (Å²) in [5, 5.41) is 9.35. The fourth-order valence-corrected chi connectivity index (χ4v) is 3.54. The molecule has 1 aromatic rings. The van der Waals surface area contributed by atoms with Gasteiger partial charge in [0.15, 0.2) is 0 Å². The molecule has 2 rings (SSSR count). The molecule has 0 amide bonds. The standard InChI is InChI=1S/C14H25N3S/c1-2-5-14(6-3-7-15-10-14)11-16-8-4-13-9-18-12-17-13/h9,12,15-16H,2-8,10-11H2,1H3. The SMILES string of the molecule is CCCC1(CNCCc2cscn2)CCCNC1. The van der Waals surface area contributed by atoms with Gasteiger partial charge in [0.25, 0.3) is 0 Å². The molecule has 1 saturated heterocycles. The predicted octanol–water partition coefficient (Wildman–Crippen LogP) is 2.45. The van der Waals surface area contributed by atoms with Crippen LogP contribution in [0.15, 0.2) is 10.9 Å². The number of hydrogen-bond donors (Lipinski definition) is 2. The van der Waals surface area contributed by atoms with Crippen LogP contribution >= 0.6 is 11.3 Å². The zero-order valence-corrected chi connectivity index (χ0v) is 12.2. The smallest absolute Gasteiger partial charge is 0.0794 e. The normalized spacial score (nSPS) is 24.3. The number of hydrogen-bond acceptors (Lipinski definition) is 4. The molecule has 2 N–H and O–H groups in total. The fourth-order valence-electron chi connectivity index (χ4n) is 2.94. The zero-order chi connectivity index (χ0) is 12.7. The van der Waals surface area contributed by atoms with Crippen molar-refractivity contribution in [2.24, 2.45) is 5.41 Å². The monoisotopic (exact) mass is 267 g/mol. The van der Waals surface area contributed by atoms with Gasteiger partial charge in [0.1, 0.15) is 0 Å². The summed E-state index contributed by atoms with van der Waals surface area (Å²) in [7, 11) is 0. The van der Waals surface area contributed by atoms with Crippen LogP contribution in [0.5, 0.6) is 0 Å². The molecule has 0 radical (unpaired) electrons. The fraction of sp³-hybridized carbons (Fsp3) is 0.786. The largest absolute Gasteiger partial charge is 0.316 e. The topological polar surface area (TPSA) is 37.0 Å². The molecule has 1 aliphatic rings. The van der Waals surface area contributed by atoms with Crippen molar-refractivity contribution in [3.8, 4) is 0 Å². The third-order valence-electron chi connectivity index (χ3n) is 3.88. The first-order valence-corrected chi connectivity index (χ1v) is 8.07. The molecule has 102 valence electrons. The molecule has 2 heterocycles. The van der Waals surface area contributed by atoms with E-state index in [9.17, 15) is 0 Å². The highest BCUT2D eigenvalue weighted by molar-refractivity contribution is 7.07. The van der Waals surface area contributed by atoms with Gasteiger partial charge in [0.2, 0.25) is 0 Å². The minimum Gasteiger partial charge on any atom is -0.316 e. The van der Waals surface area contributed by atoms with Gasteiger partial charge in [0.05, 0.1) is 11.2 Å². The van der Waals surface area contributed by atoms with Crippen molar-refractivity contribution in [3.63, 3.8) is 0 Å². The van der Waals surface area contributed by atoms with E-state index in [-0.39, 0.29) is 0 Å². The summed E-state index contributed by atoms with van der Waals surface area (Å²) in [5.41, 5.74) is 3.63. The highest BCUT2D eigenvalue weighted by atomic mass is 32.1. The lowest BCUT2D eigenvalue weighted by Gasteiger charge is -2.38. The van der Waals surface area contributed by atoms with Gasteiger partial charge in [-0.25, -0.2) is 4.98 Å². The Morgan fingerprint density at radius 1 is 1.56 bits per heavy atom. The lowest BCUT2D eigenvalue weighted by atomic mass is 9.77. The average molecular weight is 267 g/mol. The number of thiazole rings is 1. The van der Waals surface area contributed by atoms with Crippen molar-refractivity contribution >= 4 is 11.3 Å². The average Bonchev–Trinajstić information content (AvgIpc) is 2.89. The Kier molecular flexibility index (Phi) is 5.60. The lowest BCUT2D eigenvalue weighted by molar-refractivity contribution is 0.183. The van der Waals surface area contributed by atoms with E-state index in [1.165, 1.54) is 44.5 Å². The van der Waals surface area contributed by atoms with E-state index >= 15 is 0 Å². The summed E-state index contributed by atoms with van der Waals surface area (Å²) >= 11 is 1.68. The summed E-state index contributed by atoms with van der Waals surface area (Å²) in [6.45, 7) is 6.88. The van der Waals surface area contributed by atoms with Gasteiger partial charge in [-0.3, -0.25) is 0 Å². The minimum absolute atomic E-state index is 0.495. The van der Waals surface area contributed by atoms with Crippen molar-refractivity contribution in [3.05, 3.63) is 16.6 Å². The molecule has 18 heavy (non-hydrogen) atoms. The van der Waals surface area contributed by atoms with E-state index in [0.29, 0.717) is 5.41 Å². The summed E-state index contributed by atoms with van der Waals surface area (Å²) in [4.78, 5) is 4.32. The molecule has 0 aromatic carbocycles.